The van der Waals surface area contributed by atoms with Crippen LogP contribution in [0.15, 0.2) is 40.6 Å². The molecular weight excluding hydrogens is 318 g/mol. The lowest BCUT2D eigenvalue weighted by Gasteiger charge is -2.09. The van der Waals surface area contributed by atoms with Crippen molar-refractivity contribution in [1.82, 2.24) is 9.55 Å². The molecule has 2 N–H and O–H groups in total. The molecule has 1 heterocycles. The molecule has 2 aromatic rings. The molecule has 0 saturated carbocycles. The van der Waals surface area contributed by atoms with Gasteiger partial charge in [-0.1, -0.05) is 0 Å². The number of anilines is 1. The maximum absolute atomic E-state index is 12.1. The van der Waals surface area contributed by atoms with E-state index in [1.54, 1.807) is 7.05 Å². The van der Waals surface area contributed by atoms with Gasteiger partial charge >= 0.3 is 0 Å². The number of rotatable bonds is 4. The third kappa shape index (κ3) is 3.34. The number of nitrogens with one attached hydrogen (secondary N) is 1. The van der Waals surface area contributed by atoms with Crippen LogP contribution in [0, 0.1) is 0 Å². The summed E-state index contributed by atoms with van der Waals surface area (Å²) in [7, 11) is -5.93. The number of hydrogen-bond donors (Lipinski definition) is 2. The van der Waals surface area contributed by atoms with Crippen LogP contribution in [0.2, 0.25) is 0 Å². The highest BCUT2D eigenvalue weighted by atomic mass is 32.2. The predicted octanol–water partition coefficient (Wildman–Crippen LogP) is 0.330. The zero-order chi connectivity index (χ0) is 15.8. The number of aromatic nitrogens is 2. The Balaban J connectivity index is 2.44. The summed E-state index contributed by atoms with van der Waals surface area (Å²) < 4.78 is 50.6. The first-order valence-corrected chi connectivity index (χ1v) is 9.01. The zero-order valence-electron chi connectivity index (χ0n) is 11.2. The quantitative estimate of drug-likeness (QED) is 0.779. The number of phenols is 1. The van der Waals surface area contributed by atoms with Crippen LogP contribution in [0.25, 0.3) is 0 Å². The number of aryl methyl sites for hydroxylation is 1. The van der Waals surface area contributed by atoms with Crippen molar-refractivity contribution in [2.75, 3.05) is 11.0 Å². The Bertz CT molecular complexity index is 884. The van der Waals surface area contributed by atoms with E-state index in [9.17, 15) is 21.9 Å². The van der Waals surface area contributed by atoms with Crippen molar-refractivity contribution < 1.29 is 21.9 Å². The van der Waals surface area contributed by atoms with Crippen molar-refractivity contribution >= 4 is 25.5 Å². The summed E-state index contributed by atoms with van der Waals surface area (Å²) in [4.78, 5) is 3.59. The standard InChI is InChI=1S/C11H13N3O5S2/c1-14-6-11(12-7-14)21(18,19)13-9-5-8(20(2,16)17)3-4-10(9)15/h3-7,13,15H,1-2H3. The Morgan fingerprint density at radius 1 is 1.24 bits per heavy atom. The van der Waals surface area contributed by atoms with Crippen LogP contribution in [0.5, 0.6) is 5.75 Å². The molecule has 0 spiro atoms. The summed E-state index contributed by atoms with van der Waals surface area (Å²) >= 11 is 0. The summed E-state index contributed by atoms with van der Waals surface area (Å²) in [6, 6.07) is 3.33. The number of nitrogens with zero attached hydrogens (tertiary/aromatic N) is 2. The summed E-state index contributed by atoms with van der Waals surface area (Å²) in [6.45, 7) is 0. The van der Waals surface area contributed by atoms with Crippen LogP contribution in [0.1, 0.15) is 0 Å². The van der Waals surface area contributed by atoms with Crippen molar-refractivity contribution in [1.29, 1.82) is 0 Å². The number of phenolic OH excluding ortho intramolecular Hbond substituents is 1. The van der Waals surface area contributed by atoms with E-state index < -0.39 is 19.9 Å². The average molecular weight is 331 g/mol. The van der Waals surface area contributed by atoms with Crippen LogP contribution in [0.3, 0.4) is 0 Å². The van der Waals surface area contributed by atoms with Crippen molar-refractivity contribution in [3.05, 3.63) is 30.7 Å². The molecule has 10 heteroatoms. The van der Waals surface area contributed by atoms with Crippen LogP contribution in [-0.4, -0.2) is 37.7 Å². The monoisotopic (exact) mass is 331 g/mol. The fraction of sp³-hybridized carbons (Fsp3) is 0.182. The minimum absolute atomic E-state index is 0.112. The highest BCUT2D eigenvalue weighted by Gasteiger charge is 2.20. The van der Waals surface area contributed by atoms with Gasteiger partial charge in [0.05, 0.1) is 16.9 Å². The van der Waals surface area contributed by atoms with Crippen molar-refractivity contribution in [2.45, 2.75) is 9.92 Å². The highest BCUT2D eigenvalue weighted by Crippen LogP contribution is 2.28. The van der Waals surface area contributed by atoms with Crippen molar-refractivity contribution in [3.8, 4) is 5.75 Å². The molecule has 0 amide bonds. The molecule has 114 valence electrons. The second-order valence-corrected chi connectivity index (χ2v) is 8.08. The van der Waals surface area contributed by atoms with Gasteiger partial charge in [-0.25, -0.2) is 13.4 Å². The SMILES string of the molecule is Cn1cnc(S(=O)(=O)Nc2cc(S(C)(=O)=O)ccc2O)c1. The fourth-order valence-corrected chi connectivity index (χ4v) is 3.25. The molecule has 0 fully saturated rings. The number of hydrogen-bond acceptors (Lipinski definition) is 6. The zero-order valence-corrected chi connectivity index (χ0v) is 12.8. The van der Waals surface area contributed by atoms with E-state index >= 15 is 0 Å². The second-order valence-electron chi connectivity index (χ2n) is 4.43. The summed E-state index contributed by atoms with van der Waals surface area (Å²) in [5.74, 6) is -0.387. The van der Waals surface area contributed by atoms with Crippen molar-refractivity contribution in [3.63, 3.8) is 0 Å². The molecular formula is C11H13N3O5S2. The normalized spacial score (nSPS) is 12.3. The van der Waals surface area contributed by atoms with Gasteiger partial charge in [-0.05, 0) is 18.2 Å². The van der Waals surface area contributed by atoms with Gasteiger partial charge in [-0.15, -0.1) is 0 Å². The Morgan fingerprint density at radius 2 is 1.90 bits per heavy atom. The Morgan fingerprint density at radius 3 is 2.43 bits per heavy atom. The molecule has 8 nitrogen and oxygen atoms in total. The van der Waals surface area contributed by atoms with Crippen LogP contribution < -0.4 is 4.72 Å². The van der Waals surface area contributed by atoms with Crippen LogP contribution >= 0.6 is 0 Å². The van der Waals surface area contributed by atoms with Gasteiger partial charge in [0, 0.05) is 19.5 Å². The van der Waals surface area contributed by atoms with Gasteiger partial charge < -0.3 is 9.67 Å². The molecule has 0 radical (unpaired) electrons. The fourth-order valence-electron chi connectivity index (χ4n) is 1.55. The predicted molar refractivity (Wildman–Crippen MR) is 75.2 cm³/mol. The van der Waals surface area contributed by atoms with Crippen LogP contribution in [0.4, 0.5) is 5.69 Å². The van der Waals surface area contributed by atoms with E-state index in [1.165, 1.54) is 23.2 Å². The van der Waals surface area contributed by atoms with Gasteiger partial charge in [-0.3, -0.25) is 4.72 Å². The molecule has 0 bridgehead atoms. The molecule has 2 rings (SSSR count). The van der Waals surface area contributed by atoms with E-state index in [-0.39, 0.29) is 21.4 Å². The number of aromatic hydroxyl groups is 1. The molecule has 0 aliphatic heterocycles. The van der Waals surface area contributed by atoms with Gasteiger partial charge in [0.25, 0.3) is 10.0 Å². The number of sulfone groups is 1. The lowest BCUT2D eigenvalue weighted by Crippen LogP contribution is -2.14. The average Bonchev–Trinajstić information content (AvgIpc) is 2.78. The van der Waals surface area contributed by atoms with E-state index in [2.05, 4.69) is 9.71 Å². The van der Waals surface area contributed by atoms with Gasteiger partial charge in [0.15, 0.2) is 14.9 Å². The van der Waals surface area contributed by atoms with Gasteiger partial charge in [-0.2, -0.15) is 8.42 Å². The Hall–Kier alpha value is -2.07. The largest absolute Gasteiger partial charge is 0.506 e. The van der Waals surface area contributed by atoms with Crippen LogP contribution in [-0.2, 0) is 26.9 Å². The number of sulfonamides is 1. The van der Waals surface area contributed by atoms with Crippen molar-refractivity contribution in [2.24, 2.45) is 7.05 Å². The molecule has 21 heavy (non-hydrogen) atoms. The Labute approximate surface area is 122 Å². The Kier molecular flexibility index (Phi) is 3.68. The van der Waals surface area contributed by atoms with E-state index in [1.807, 2.05) is 0 Å². The summed E-state index contributed by atoms with van der Waals surface area (Å²) in [5, 5.41) is 9.43. The molecule has 0 aliphatic rings. The minimum Gasteiger partial charge on any atom is -0.506 e. The van der Waals surface area contributed by atoms with Gasteiger partial charge in [0.2, 0.25) is 0 Å². The lowest BCUT2D eigenvalue weighted by atomic mass is 10.3. The minimum atomic E-state index is -4.01. The number of benzene rings is 1. The molecule has 0 unspecified atom stereocenters. The van der Waals surface area contributed by atoms with E-state index in [0.29, 0.717) is 0 Å². The highest BCUT2D eigenvalue weighted by molar-refractivity contribution is 7.92. The summed E-state index contributed by atoms with van der Waals surface area (Å²) in [5.41, 5.74) is -0.233. The molecule has 0 atom stereocenters. The first kappa shape index (κ1) is 15.3. The second kappa shape index (κ2) is 5.04. The maximum atomic E-state index is 12.1. The third-order valence-electron chi connectivity index (χ3n) is 2.60. The molecule has 0 aliphatic carbocycles. The first-order chi connectivity index (χ1) is 9.59. The third-order valence-corrected chi connectivity index (χ3v) is 4.96. The molecule has 0 saturated heterocycles. The lowest BCUT2D eigenvalue weighted by molar-refractivity contribution is 0.477. The molecule has 1 aromatic heterocycles. The maximum Gasteiger partial charge on any atom is 0.281 e. The molecule has 1 aromatic carbocycles. The topological polar surface area (TPSA) is 118 Å². The smallest absolute Gasteiger partial charge is 0.281 e. The summed E-state index contributed by atoms with van der Waals surface area (Å²) in [6.07, 6.45) is 3.57. The van der Waals surface area contributed by atoms with Gasteiger partial charge in [0.1, 0.15) is 5.75 Å². The number of imidazole rings is 1. The van der Waals surface area contributed by atoms with E-state index in [4.69, 9.17) is 0 Å². The van der Waals surface area contributed by atoms with E-state index in [0.717, 1.165) is 18.4 Å². The first-order valence-electron chi connectivity index (χ1n) is 5.63.